The number of nitrogens with two attached hydrogens (primary N) is 1. The van der Waals surface area contributed by atoms with Crippen molar-refractivity contribution in [3.63, 3.8) is 0 Å². The largest absolute Gasteiger partial charge is 0.487 e. The van der Waals surface area contributed by atoms with Crippen LogP contribution in [0.3, 0.4) is 0 Å². The van der Waals surface area contributed by atoms with E-state index in [1.165, 1.54) is 0 Å². The summed E-state index contributed by atoms with van der Waals surface area (Å²) in [6.45, 7) is 8.28. The van der Waals surface area contributed by atoms with Crippen molar-refractivity contribution in [3.05, 3.63) is 95.6 Å². The van der Waals surface area contributed by atoms with E-state index in [0.717, 1.165) is 17.5 Å². The van der Waals surface area contributed by atoms with E-state index in [4.69, 9.17) is 15.2 Å². The number of carbonyl (C=O) groups is 1. The first kappa shape index (κ1) is 21.0. The number of ether oxygens (including phenoxy) is 2. The Morgan fingerprint density at radius 1 is 1.14 bits per heavy atom. The fourth-order valence-corrected chi connectivity index (χ4v) is 2.50. The number of esters is 1. The van der Waals surface area contributed by atoms with Crippen LogP contribution < -0.4 is 10.5 Å². The first-order chi connectivity index (χ1) is 13.5. The van der Waals surface area contributed by atoms with Crippen molar-refractivity contribution in [3.8, 4) is 5.75 Å². The van der Waals surface area contributed by atoms with Crippen LogP contribution in [0.25, 0.3) is 0 Å². The molecule has 0 aliphatic heterocycles. The summed E-state index contributed by atoms with van der Waals surface area (Å²) in [7, 11) is 0. The lowest BCUT2D eigenvalue weighted by atomic mass is 10.1. The molecule has 0 radical (unpaired) electrons. The van der Waals surface area contributed by atoms with Gasteiger partial charge in [-0.3, -0.25) is 0 Å². The molecule has 146 valence electrons. The summed E-state index contributed by atoms with van der Waals surface area (Å²) in [6.07, 6.45) is 8.18. The summed E-state index contributed by atoms with van der Waals surface area (Å²) >= 11 is 0. The first-order valence-electron chi connectivity index (χ1n) is 9.28. The lowest BCUT2D eigenvalue weighted by Gasteiger charge is -2.14. The van der Waals surface area contributed by atoms with Crippen molar-refractivity contribution in [1.82, 2.24) is 0 Å². The number of nitrogen functional groups attached to an aromatic ring is 1. The predicted molar refractivity (Wildman–Crippen MR) is 114 cm³/mol. The fraction of sp³-hybridized carbons (Fsp3) is 0.208. The highest BCUT2D eigenvalue weighted by Gasteiger charge is 2.17. The van der Waals surface area contributed by atoms with Crippen molar-refractivity contribution in [2.45, 2.75) is 26.9 Å². The molecule has 4 nitrogen and oxygen atoms in total. The van der Waals surface area contributed by atoms with Crippen LogP contribution in [0.15, 0.2) is 78.9 Å². The van der Waals surface area contributed by atoms with Crippen molar-refractivity contribution < 1.29 is 14.3 Å². The maximum Gasteiger partial charge on any atom is 0.340 e. The second-order valence-electron chi connectivity index (χ2n) is 6.30. The van der Waals surface area contributed by atoms with Crippen LogP contribution >= 0.6 is 0 Å². The average molecular weight is 377 g/mol. The van der Waals surface area contributed by atoms with E-state index in [2.05, 4.69) is 6.58 Å². The lowest BCUT2D eigenvalue weighted by Crippen LogP contribution is -2.12. The Kier molecular flexibility index (Phi) is 8.10. The predicted octanol–water partition coefficient (Wildman–Crippen LogP) is 5.26. The van der Waals surface area contributed by atoms with E-state index in [9.17, 15) is 4.79 Å². The minimum absolute atomic E-state index is 0.100. The molecule has 4 heteroatoms. The van der Waals surface area contributed by atoms with Gasteiger partial charge >= 0.3 is 5.97 Å². The van der Waals surface area contributed by atoms with Gasteiger partial charge in [-0.2, -0.15) is 0 Å². The van der Waals surface area contributed by atoms with Crippen LogP contribution in [0.1, 0.15) is 35.3 Å². The average Bonchev–Trinajstić information content (AvgIpc) is 2.72. The Hall–Kier alpha value is -3.27. The molecule has 28 heavy (non-hydrogen) atoms. The highest BCUT2D eigenvalue weighted by atomic mass is 16.5. The summed E-state index contributed by atoms with van der Waals surface area (Å²) in [5, 5.41) is 0. The number of benzene rings is 2. The molecule has 0 fully saturated rings. The summed E-state index contributed by atoms with van der Waals surface area (Å²) < 4.78 is 11.2. The molecule has 0 unspecified atom stereocenters. The second-order valence-corrected chi connectivity index (χ2v) is 6.30. The van der Waals surface area contributed by atoms with E-state index >= 15 is 0 Å². The van der Waals surface area contributed by atoms with Crippen molar-refractivity contribution in [2.75, 3.05) is 12.3 Å². The highest BCUT2D eigenvalue weighted by Crippen LogP contribution is 2.29. The number of anilines is 1. The number of rotatable bonds is 9. The van der Waals surface area contributed by atoms with E-state index < -0.39 is 5.97 Å². The quantitative estimate of drug-likeness (QED) is 0.368. The molecule has 2 aromatic carbocycles. The van der Waals surface area contributed by atoms with Gasteiger partial charge in [0, 0.05) is 0 Å². The maximum atomic E-state index is 12.6. The Morgan fingerprint density at radius 3 is 2.57 bits per heavy atom. The molecule has 0 atom stereocenters. The lowest BCUT2D eigenvalue weighted by molar-refractivity contribution is 0.0544. The molecule has 2 N–H and O–H groups in total. The molecule has 0 saturated carbocycles. The van der Waals surface area contributed by atoms with Crippen LogP contribution in [0.5, 0.6) is 5.75 Å². The third-order valence-corrected chi connectivity index (χ3v) is 4.09. The Bertz CT molecular complexity index is 867. The first-order valence-corrected chi connectivity index (χ1v) is 9.28. The SMILES string of the molecule is C=C(/C=C\C=C/C)COC(=O)c1cc(CC)cc(OCc2ccccc2)c1N. The topological polar surface area (TPSA) is 61.5 Å². The Morgan fingerprint density at radius 2 is 1.89 bits per heavy atom. The summed E-state index contributed by atoms with van der Waals surface area (Å²) in [5.41, 5.74) is 9.47. The summed E-state index contributed by atoms with van der Waals surface area (Å²) in [4.78, 5) is 12.6. The van der Waals surface area contributed by atoms with Gasteiger partial charge in [0.15, 0.2) is 0 Å². The zero-order valence-corrected chi connectivity index (χ0v) is 16.5. The third kappa shape index (κ3) is 6.16. The summed E-state index contributed by atoms with van der Waals surface area (Å²) in [6, 6.07) is 13.4. The molecule has 0 bridgehead atoms. The van der Waals surface area contributed by atoms with Gasteiger partial charge in [-0.15, -0.1) is 0 Å². The van der Waals surface area contributed by atoms with Crippen LogP contribution in [0, 0.1) is 0 Å². The molecule has 0 aliphatic carbocycles. The van der Waals surface area contributed by atoms with E-state index in [-0.39, 0.29) is 12.3 Å². The van der Waals surface area contributed by atoms with E-state index in [0.29, 0.717) is 23.5 Å². The van der Waals surface area contributed by atoms with Gasteiger partial charge in [-0.05, 0) is 42.2 Å². The van der Waals surface area contributed by atoms with Gasteiger partial charge in [0.2, 0.25) is 0 Å². The van der Waals surface area contributed by atoms with Crippen LogP contribution in [-0.4, -0.2) is 12.6 Å². The number of carbonyl (C=O) groups excluding carboxylic acids is 1. The second kappa shape index (κ2) is 10.8. The minimum Gasteiger partial charge on any atom is -0.487 e. The number of aryl methyl sites for hydroxylation is 1. The van der Waals surface area contributed by atoms with E-state index in [1.54, 1.807) is 12.1 Å². The molecular formula is C24H27NO3. The standard InChI is InChI=1S/C24H27NO3/c1-4-6-8-11-18(3)16-28-24(26)21-14-19(5-2)15-22(23(21)25)27-17-20-12-9-7-10-13-20/h4,6-15H,3,5,16-17,25H2,1-2H3/b6-4-,11-8-. The molecule has 0 saturated heterocycles. The monoisotopic (exact) mass is 377 g/mol. The van der Waals surface area contributed by atoms with Gasteiger partial charge in [-0.25, -0.2) is 4.79 Å². The zero-order valence-electron chi connectivity index (χ0n) is 16.5. The highest BCUT2D eigenvalue weighted by molar-refractivity contribution is 5.97. The molecule has 2 aromatic rings. The molecule has 0 aliphatic rings. The molecule has 0 aromatic heterocycles. The van der Waals surface area contributed by atoms with Gasteiger partial charge in [-0.1, -0.05) is 68.1 Å². The Balaban J connectivity index is 2.12. The third-order valence-electron chi connectivity index (χ3n) is 4.09. The number of allylic oxidation sites excluding steroid dienone is 3. The Labute approximate surface area is 167 Å². The van der Waals surface area contributed by atoms with Crippen LogP contribution in [0.2, 0.25) is 0 Å². The number of hydrogen-bond acceptors (Lipinski definition) is 4. The van der Waals surface area contributed by atoms with Crippen molar-refractivity contribution in [1.29, 1.82) is 0 Å². The van der Waals surface area contributed by atoms with E-state index in [1.807, 2.05) is 68.5 Å². The number of hydrogen-bond donors (Lipinski definition) is 1. The zero-order chi connectivity index (χ0) is 20.4. The minimum atomic E-state index is -0.488. The maximum absolute atomic E-state index is 12.6. The molecule has 2 rings (SSSR count). The fourth-order valence-electron chi connectivity index (χ4n) is 2.50. The molecule has 0 amide bonds. The smallest absolute Gasteiger partial charge is 0.340 e. The van der Waals surface area contributed by atoms with Gasteiger partial charge < -0.3 is 15.2 Å². The van der Waals surface area contributed by atoms with Crippen LogP contribution in [0.4, 0.5) is 5.69 Å². The van der Waals surface area contributed by atoms with Gasteiger partial charge in [0.25, 0.3) is 0 Å². The van der Waals surface area contributed by atoms with Crippen LogP contribution in [-0.2, 0) is 17.8 Å². The molecule has 0 spiro atoms. The molecular weight excluding hydrogens is 350 g/mol. The summed E-state index contributed by atoms with van der Waals surface area (Å²) in [5.74, 6) is -0.0000897. The normalized spacial score (nSPS) is 11.1. The molecule has 0 heterocycles. The van der Waals surface area contributed by atoms with Gasteiger partial charge in [0.1, 0.15) is 19.0 Å². The van der Waals surface area contributed by atoms with Crippen molar-refractivity contribution in [2.24, 2.45) is 0 Å². The van der Waals surface area contributed by atoms with Crippen molar-refractivity contribution >= 4 is 11.7 Å². The van der Waals surface area contributed by atoms with Gasteiger partial charge in [0.05, 0.1) is 11.3 Å².